The van der Waals surface area contributed by atoms with E-state index in [0.717, 1.165) is 0 Å². The molecule has 1 N–H and O–H groups in total. The molecule has 0 aliphatic carbocycles. The average Bonchev–Trinajstić information content (AvgIpc) is 2.93. The summed E-state index contributed by atoms with van der Waals surface area (Å²) in [6, 6.07) is 7.80. The van der Waals surface area contributed by atoms with Gasteiger partial charge in [0.2, 0.25) is 0 Å². The molecule has 0 saturated heterocycles. The molecule has 8 heteroatoms. The van der Waals surface area contributed by atoms with Crippen LogP contribution < -0.4 is 5.32 Å². The molecule has 24 heavy (non-hydrogen) atoms. The SMILES string of the molecule is Cc1occc1C(=O)Nc1ccc(C(=O)N=[S@](C)(=O)N(C)C)cc1. The van der Waals surface area contributed by atoms with Crippen LogP contribution >= 0.6 is 0 Å². The Labute approximate surface area is 141 Å². The number of carbonyl (C=O) groups excluding carboxylic acids is 2. The van der Waals surface area contributed by atoms with E-state index in [9.17, 15) is 13.8 Å². The van der Waals surface area contributed by atoms with Crippen molar-refractivity contribution in [1.82, 2.24) is 4.31 Å². The van der Waals surface area contributed by atoms with Crippen LogP contribution in [0.15, 0.2) is 45.4 Å². The molecule has 2 aromatic rings. The Hall–Kier alpha value is -2.45. The van der Waals surface area contributed by atoms with E-state index in [1.807, 2.05) is 0 Å². The van der Waals surface area contributed by atoms with Crippen molar-refractivity contribution >= 4 is 27.4 Å². The van der Waals surface area contributed by atoms with Gasteiger partial charge < -0.3 is 9.73 Å². The van der Waals surface area contributed by atoms with Crippen LogP contribution in [0.5, 0.6) is 0 Å². The van der Waals surface area contributed by atoms with Gasteiger partial charge in [0.25, 0.3) is 11.8 Å². The predicted molar refractivity (Wildman–Crippen MR) is 92.4 cm³/mol. The molecule has 0 bridgehead atoms. The predicted octanol–water partition coefficient (Wildman–Crippen LogP) is 2.55. The van der Waals surface area contributed by atoms with E-state index in [1.54, 1.807) is 39.2 Å². The second-order valence-corrected chi connectivity index (χ2v) is 7.83. The number of aryl methyl sites for hydroxylation is 1. The van der Waals surface area contributed by atoms with Crippen LogP contribution in [0.25, 0.3) is 0 Å². The third kappa shape index (κ3) is 4.09. The Kier molecular flexibility index (Phi) is 5.20. The standard InChI is InChI=1S/C16H19N3O4S/c1-11-14(9-10-23-11)16(21)17-13-7-5-12(6-8-13)15(20)18-24(4,22)19(2)3/h5-10H,1-4H3,(H,17,21)/t24-/m0/s1. The van der Waals surface area contributed by atoms with Gasteiger partial charge in [-0.3, -0.25) is 9.59 Å². The van der Waals surface area contributed by atoms with Crippen molar-refractivity contribution in [1.29, 1.82) is 0 Å². The highest BCUT2D eigenvalue weighted by molar-refractivity contribution is 7.90. The summed E-state index contributed by atoms with van der Waals surface area (Å²) < 4.78 is 22.3. The summed E-state index contributed by atoms with van der Waals surface area (Å²) in [7, 11) is 0.455. The topological polar surface area (TPSA) is 92.0 Å². The summed E-state index contributed by atoms with van der Waals surface area (Å²) in [6.07, 6.45) is 2.84. The molecule has 0 aliphatic heterocycles. The monoisotopic (exact) mass is 349 g/mol. The lowest BCUT2D eigenvalue weighted by molar-refractivity contribution is 0.100. The number of nitrogens with zero attached hydrogens (tertiary/aromatic N) is 2. The average molecular weight is 349 g/mol. The summed E-state index contributed by atoms with van der Waals surface area (Å²) >= 11 is 0. The quantitative estimate of drug-likeness (QED) is 0.918. The number of furan rings is 1. The highest BCUT2D eigenvalue weighted by Gasteiger charge is 2.13. The van der Waals surface area contributed by atoms with Crippen molar-refractivity contribution in [2.24, 2.45) is 4.36 Å². The number of hydrogen-bond acceptors (Lipinski definition) is 4. The van der Waals surface area contributed by atoms with Gasteiger partial charge in [0, 0.05) is 31.6 Å². The molecule has 0 saturated carbocycles. The smallest absolute Gasteiger partial charge is 0.286 e. The number of anilines is 1. The molecule has 0 aliphatic rings. The molecule has 1 aromatic heterocycles. The lowest BCUT2D eigenvalue weighted by Gasteiger charge is -2.11. The number of hydrogen-bond donors (Lipinski definition) is 1. The number of rotatable bonds is 4. The maximum atomic E-state index is 12.1. The lowest BCUT2D eigenvalue weighted by Crippen LogP contribution is -2.21. The highest BCUT2D eigenvalue weighted by atomic mass is 32.2. The molecule has 0 fully saturated rings. The van der Waals surface area contributed by atoms with Gasteiger partial charge in [-0.15, -0.1) is 4.36 Å². The third-order valence-corrected chi connectivity index (χ3v) is 5.28. The van der Waals surface area contributed by atoms with E-state index in [0.29, 0.717) is 22.6 Å². The molecule has 1 heterocycles. The van der Waals surface area contributed by atoms with Crippen molar-refractivity contribution in [2.75, 3.05) is 25.7 Å². The van der Waals surface area contributed by atoms with E-state index in [-0.39, 0.29) is 5.91 Å². The zero-order valence-electron chi connectivity index (χ0n) is 13.9. The Morgan fingerprint density at radius 3 is 2.29 bits per heavy atom. The molecule has 1 aromatic carbocycles. The minimum absolute atomic E-state index is 0.295. The van der Waals surface area contributed by atoms with Gasteiger partial charge in [-0.25, -0.2) is 8.51 Å². The first kappa shape index (κ1) is 17.9. The number of nitrogens with one attached hydrogen (secondary N) is 1. The van der Waals surface area contributed by atoms with Crippen LogP contribution in [0.3, 0.4) is 0 Å². The normalized spacial score (nSPS) is 13.4. The molecular weight excluding hydrogens is 330 g/mol. The largest absolute Gasteiger partial charge is 0.469 e. The molecule has 0 unspecified atom stereocenters. The minimum Gasteiger partial charge on any atom is -0.469 e. The van der Waals surface area contributed by atoms with Crippen molar-refractivity contribution < 1.29 is 18.2 Å². The molecular formula is C16H19N3O4S. The molecule has 1 atom stereocenters. The van der Waals surface area contributed by atoms with Crippen LogP contribution in [0.2, 0.25) is 0 Å². The van der Waals surface area contributed by atoms with Gasteiger partial charge >= 0.3 is 0 Å². The van der Waals surface area contributed by atoms with Crippen molar-refractivity contribution in [2.45, 2.75) is 6.92 Å². The van der Waals surface area contributed by atoms with Gasteiger partial charge in [-0.1, -0.05) is 0 Å². The Morgan fingerprint density at radius 1 is 1.17 bits per heavy atom. The van der Waals surface area contributed by atoms with E-state index in [4.69, 9.17) is 4.42 Å². The van der Waals surface area contributed by atoms with Crippen molar-refractivity contribution in [3.63, 3.8) is 0 Å². The number of carbonyl (C=O) groups is 2. The lowest BCUT2D eigenvalue weighted by atomic mass is 10.2. The zero-order chi connectivity index (χ0) is 17.9. The molecule has 7 nitrogen and oxygen atoms in total. The van der Waals surface area contributed by atoms with E-state index in [1.165, 1.54) is 29.0 Å². The fourth-order valence-corrected chi connectivity index (χ4v) is 2.38. The van der Waals surface area contributed by atoms with Crippen LogP contribution in [-0.2, 0) is 9.92 Å². The Balaban J connectivity index is 2.14. The third-order valence-electron chi connectivity index (χ3n) is 3.42. The molecule has 2 rings (SSSR count). The summed E-state index contributed by atoms with van der Waals surface area (Å²) in [4.78, 5) is 24.1. The molecule has 0 spiro atoms. The van der Waals surface area contributed by atoms with Gasteiger partial charge in [-0.2, -0.15) is 0 Å². The summed E-state index contributed by atoms with van der Waals surface area (Å²) in [6.45, 7) is 1.70. The first-order valence-electron chi connectivity index (χ1n) is 7.10. The van der Waals surface area contributed by atoms with E-state index < -0.39 is 15.8 Å². The van der Waals surface area contributed by atoms with Crippen LogP contribution in [-0.4, -0.2) is 40.7 Å². The Bertz CT molecular complexity index is 875. The molecule has 2 amide bonds. The zero-order valence-corrected chi connectivity index (χ0v) is 14.7. The fraction of sp³-hybridized carbons (Fsp3) is 0.250. The van der Waals surface area contributed by atoms with Crippen molar-refractivity contribution in [3.05, 3.63) is 53.5 Å². The molecule has 128 valence electrons. The molecule has 0 radical (unpaired) electrons. The first-order valence-corrected chi connectivity index (χ1v) is 8.98. The van der Waals surface area contributed by atoms with Crippen LogP contribution in [0, 0.1) is 6.92 Å². The van der Waals surface area contributed by atoms with Gasteiger partial charge in [0.05, 0.1) is 11.8 Å². The van der Waals surface area contributed by atoms with E-state index in [2.05, 4.69) is 9.68 Å². The maximum absolute atomic E-state index is 12.1. The van der Waals surface area contributed by atoms with Crippen molar-refractivity contribution in [3.8, 4) is 0 Å². The highest BCUT2D eigenvalue weighted by Crippen LogP contribution is 2.15. The van der Waals surface area contributed by atoms with Gasteiger partial charge in [0.15, 0.2) is 0 Å². The summed E-state index contributed by atoms with van der Waals surface area (Å²) in [5.41, 5.74) is 1.27. The summed E-state index contributed by atoms with van der Waals surface area (Å²) in [5, 5.41) is 2.71. The second kappa shape index (κ2) is 6.98. The van der Waals surface area contributed by atoms with Crippen LogP contribution in [0.4, 0.5) is 5.69 Å². The van der Waals surface area contributed by atoms with E-state index >= 15 is 0 Å². The summed E-state index contributed by atoms with van der Waals surface area (Å²) in [5.74, 6) is -0.339. The first-order chi connectivity index (χ1) is 11.2. The number of amides is 2. The van der Waals surface area contributed by atoms with Gasteiger partial charge in [0.1, 0.15) is 15.7 Å². The maximum Gasteiger partial charge on any atom is 0.286 e. The van der Waals surface area contributed by atoms with Gasteiger partial charge in [-0.05, 0) is 37.3 Å². The second-order valence-electron chi connectivity index (χ2n) is 5.39. The fourth-order valence-electron chi connectivity index (χ4n) is 1.80. The Morgan fingerprint density at radius 2 is 1.79 bits per heavy atom. The van der Waals surface area contributed by atoms with Crippen LogP contribution in [0.1, 0.15) is 26.5 Å². The minimum atomic E-state index is -2.73. The number of benzene rings is 1.